The van der Waals surface area contributed by atoms with Crippen LogP contribution in [0.25, 0.3) is 0 Å². The van der Waals surface area contributed by atoms with Crippen LogP contribution in [0.15, 0.2) is 0 Å². The largest absolute Gasteiger partial charge is 0.303 e. The average molecular weight is 225 g/mol. The zero-order chi connectivity index (χ0) is 11.8. The highest BCUT2D eigenvalue weighted by Crippen LogP contribution is 2.24. The summed E-state index contributed by atoms with van der Waals surface area (Å²) in [7, 11) is 0. The first-order valence-electron chi connectivity index (χ1n) is 7.44. The number of hydrogen-bond donors (Lipinski definition) is 0. The molecule has 0 aromatic heterocycles. The van der Waals surface area contributed by atoms with Crippen molar-refractivity contribution in [3.8, 4) is 0 Å². The molecule has 1 heteroatoms. The Kier molecular flexibility index (Phi) is 7.11. The molecule has 1 aliphatic rings. The van der Waals surface area contributed by atoms with Crippen LogP contribution in [-0.2, 0) is 0 Å². The molecule has 0 radical (unpaired) electrons. The second-order valence-electron chi connectivity index (χ2n) is 5.98. The third-order valence-corrected chi connectivity index (χ3v) is 3.84. The second kappa shape index (κ2) is 8.11. The molecule has 0 aromatic rings. The van der Waals surface area contributed by atoms with Gasteiger partial charge in [-0.2, -0.15) is 0 Å². The summed E-state index contributed by atoms with van der Waals surface area (Å²) >= 11 is 0. The van der Waals surface area contributed by atoms with Crippen LogP contribution in [-0.4, -0.2) is 24.5 Å². The standard InChI is InChI=1S/C15H31N/c1-4-5-6-7-10-16-11-8-15(9-12-16)13-14(2)3/h14-15H,4-13H2,1-3H3. The normalized spacial score (nSPS) is 19.5. The zero-order valence-electron chi connectivity index (χ0n) is 11.7. The molecule has 0 aromatic carbocycles. The second-order valence-corrected chi connectivity index (χ2v) is 5.98. The van der Waals surface area contributed by atoms with E-state index in [9.17, 15) is 0 Å². The van der Waals surface area contributed by atoms with Crippen molar-refractivity contribution in [2.24, 2.45) is 11.8 Å². The maximum atomic E-state index is 2.69. The van der Waals surface area contributed by atoms with E-state index in [1.165, 1.54) is 64.6 Å². The molecule has 0 atom stereocenters. The number of nitrogens with zero attached hydrogens (tertiary/aromatic N) is 1. The van der Waals surface area contributed by atoms with Gasteiger partial charge in [0.2, 0.25) is 0 Å². The lowest BCUT2D eigenvalue weighted by molar-refractivity contribution is 0.168. The van der Waals surface area contributed by atoms with E-state index in [0.717, 1.165) is 11.8 Å². The van der Waals surface area contributed by atoms with Crippen molar-refractivity contribution in [3.63, 3.8) is 0 Å². The summed E-state index contributed by atoms with van der Waals surface area (Å²) in [6.07, 6.45) is 9.98. The third-order valence-electron chi connectivity index (χ3n) is 3.84. The van der Waals surface area contributed by atoms with Gasteiger partial charge in [-0.15, -0.1) is 0 Å². The summed E-state index contributed by atoms with van der Waals surface area (Å²) in [4.78, 5) is 2.69. The summed E-state index contributed by atoms with van der Waals surface area (Å²) in [5.74, 6) is 1.91. The summed E-state index contributed by atoms with van der Waals surface area (Å²) in [5, 5.41) is 0. The first-order chi connectivity index (χ1) is 7.72. The predicted molar refractivity (Wildman–Crippen MR) is 72.8 cm³/mol. The summed E-state index contributed by atoms with van der Waals surface area (Å²) in [6.45, 7) is 11.1. The molecule has 0 saturated carbocycles. The lowest BCUT2D eigenvalue weighted by Gasteiger charge is -2.32. The Morgan fingerprint density at radius 1 is 1.06 bits per heavy atom. The van der Waals surface area contributed by atoms with E-state index in [1.807, 2.05) is 0 Å². The highest BCUT2D eigenvalue weighted by Gasteiger charge is 2.19. The van der Waals surface area contributed by atoms with Gasteiger partial charge in [-0.05, 0) is 57.2 Å². The molecule has 1 saturated heterocycles. The smallest absolute Gasteiger partial charge is 0.00161 e. The molecular formula is C15H31N. The number of rotatable bonds is 7. The van der Waals surface area contributed by atoms with Gasteiger partial charge in [0.15, 0.2) is 0 Å². The maximum Gasteiger partial charge on any atom is -0.00161 e. The van der Waals surface area contributed by atoms with Gasteiger partial charge >= 0.3 is 0 Å². The first kappa shape index (κ1) is 14.0. The molecular weight excluding hydrogens is 194 g/mol. The minimum absolute atomic E-state index is 0.890. The number of likely N-dealkylation sites (tertiary alicyclic amines) is 1. The van der Waals surface area contributed by atoms with E-state index in [2.05, 4.69) is 25.7 Å². The Bertz CT molecular complexity index is 157. The fourth-order valence-corrected chi connectivity index (χ4v) is 2.87. The fraction of sp³-hybridized carbons (Fsp3) is 1.00. The van der Waals surface area contributed by atoms with Crippen LogP contribution in [0.1, 0.15) is 65.7 Å². The molecule has 16 heavy (non-hydrogen) atoms. The van der Waals surface area contributed by atoms with Crippen molar-refractivity contribution in [2.45, 2.75) is 65.7 Å². The van der Waals surface area contributed by atoms with E-state index in [-0.39, 0.29) is 0 Å². The van der Waals surface area contributed by atoms with Crippen molar-refractivity contribution in [1.82, 2.24) is 4.90 Å². The fourth-order valence-electron chi connectivity index (χ4n) is 2.87. The van der Waals surface area contributed by atoms with Gasteiger partial charge in [-0.1, -0.05) is 40.0 Å². The number of unbranched alkanes of at least 4 members (excludes halogenated alkanes) is 3. The average Bonchev–Trinajstić information content (AvgIpc) is 2.26. The molecule has 1 heterocycles. The maximum absolute atomic E-state index is 2.69. The van der Waals surface area contributed by atoms with Crippen LogP contribution < -0.4 is 0 Å². The van der Waals surface area contributed by atoms with Crippen LogP contribution in [0.2, 0.25) is 0 Å². The molecule has 0 unspecified atom stereocenters. The van der Waals surface area contributed by atoms with Gasteiger partial charge in [0, 0.05) is 0 Å². The van der Waals surface area contributed by atoms with Gasteiger partial charge in [0.25, 0.3) is 0 Å². The summed E-state index contributed by atoms with van der Waals surface area (Å²) < 4.78 is 0. The molecule has 1 aliphatic heterocycles. The molecule has 1 fully saturated rings. The third kappa shape index (κ3) is 5.89. The molecule has 0 aliphatic carbocycles. The topological polar surface area (TPSA) is 3.24 Å². The Morgan fingerprint density at radius 3 is 2.31 bits per heavy atom. The van der Waals surface area contributed by atoms with Gasteiger partial charge in [0.1, 0.15) is 0 Å². The van der Waals surface area contributed by atoms with Crippen LogP contribution in [0.5, 0.6) is 0 Å². The van der Waals surface area contributed by atoms with Crippen molar-refractivity contribution in [2.75, 3.05) is 19.6 Å². The molecule has 0 bridgehead atoms. The molecule has 0 N–H and O–H groups in total. The SMILES string of the molecule is CCCCCCN1CCC(CC(C)C)CC1. The lowest BCUT2D eigenvalue weighted by atomic mass is 9.88. The lowest BCUT2D eigenvalue weighted by Crippen LogP contribution is -2.34. The van der Waals surface area contributed by atoms with Crippen LogP contribution >= 0.6 is 0 Å². The summed E-state index contributed by atoms with van der Waals surface area (Å²) in [6, 6.07) is 0. The molecule has 1 rings (SSSR count). The van der Waals surface area contributed by atoms with E-state index in [1.54, 1.807) is 0 Å². The van der Waals surface area contributed by atoms with Gasteiger partial charge < -0.3 is 4.90 Å². The Labute approximate surface area is 103 Å². The van der Waals surface area contributed by atoms with Crippen molar-refractivity contribution in [3.05, 3.63) is 0 Å². The number of piperidine rings is 1. The monoisotopic (exact) mass is 225 g/mol. The Hall–Kier alpha value is -0.0400. The highest BCUT2D eigenvalue weighted by atomic mass is 15.1. The van der Waals surface area contributed by atoms with Crippen molar-refractivity contribution in [1.29, 1.82) is 0 Å². The van der Waals surface area contributed by atoms with Crippen LogP contribution in [0.3, 0.4) is 0 Å². The van der Waals surface area contributed by atoms with E-state index >= 15 is 0 Å². The van der Waals surface area contributed by atoms with E-state index in [0.29, 0.717) is 0 Å². The molecule has 0 amide bonds. The van der Waals surface area contributed by atoms with Crippen LogP contribution in [0, 0.1) is 11.8 Å². The molecule has 0 spiro atoms. The first-order valence-corrected chi connectivity index (χ1v) is 7.44. The Balaban J connectivity index is 2.03. The Morgan fingerprint density at radius 2 is 1.75 bits per heavy atom. The quantitative estimate of drug-likeness (QED) is 0.583. The van der Waals surface area contributed by atoms with Crippen molar-refractivity contribution >= 4 is 0 Å². The van der Waals surface area contributed by atoms with E-state index < -0.39 is 0 Å². The number of hydrogen-bond acceptors (Lipinski definition) is 1. The van der Waals surface area contributed by atoms with Gasteiger partial charge in [0.05, 0.1) is 0 Å². The zero-order valence-corrected chi connectivity index (χ0v) is 11.7. The minimum Gasteiger partial charge on any atom is -0.303 e. The predicted octanol–water partition coefficient (Wildman–Crippen LogP) is 4.32. The summed E-state index contributed by atoms with van der Waals surface area (Å²) in [5.41, 5.74) is 0. The minimum atomic E-state index is 0.890. The van der Waals surface area contributed by atoms with Gasteiger partial charge in [-0.25, -0.2) is 0 Å². The highest BCUT2D eigenvalue weighted by molar-refractivity contribution is 4.73. The van der Waals surface area contributed by atoms with E-state index in [4.69, 9.17) is 0 Å². The molecule has 1 nitrogen and oxygen atoms in total. The molecule has 96 valence electrons. The van der Waals surface area contributed by atoms with Crippen LogP contribution in [0.4, 0.5) is 0 Å². The van der Waals surface area contributed by atoms with Gasteiger partial charge in [-0.3, -0.25) is 0 Å². The van der Waals surface area contributed by atoms with Crippen molar-refractivity contribution < 1.29 is 0 Å².